The van der Waals surface area contributed by atoms with E-state index in [4.69, 9.17) is 5.21 Å². The van der Waals surface area contributed by atoms with Gasteiger partial charge in [-0.1, -0.05) is 93.9 Å². The second-order valence-electron chi connectivity index (χ2n) is 13.0. The van der Waals surface area contributed by atoms with Crippen LogP contribution in [0.1, 0.15) is 50.8 Å². The second-order valence-corrected chi connectivity index (χ2v) is 14.9. The van der Waals surface area contributed by atoms with Crippen molar-refractivity contribution in [1.29, 1.82) is 0 Å². The Morgan fingerprint density at radius 3 is 2.20 bits per heavy atom. The van der Waals surface area contributed by atoms with E-state index in [9.17, 15) is 33.2 Å². The molecule has 0 saturated heterocycles. The first-order valence-corrected chi connectivity index (χ1v) is 18.1. The third-order valence-corrected chi connectivity index (χ3v) is 10.3. The van der Waals surface area contributed by atoms with Crippen LogP contribution in [-0.4, -0.2) is 89.3 Å². The van der Waals surface area contributed by atoms with Crippen molar-refractivity contribution in [3.05, 3.63) is 106 Å². The Hall–Kier alpha value is -4.86. The fourth-order valence-electron chi connectivity index (χ4n) is 5.44. The van der Waals surface area contributed by atoms with Crippen LogP contribution in [0.15, 0.2) is 88.9 Å². The maximum Gasteiger partial charge on any atom is 0.318 e. The largest absolute Gasteiger partial charge is 0.411 e. The number of hydrogen-bond acceptors (Lipinski definition) is 9. The van der Waals surface area contributed by atoms with Crippen molar-refractivity contribution < 1.29 is 33.2 Å². The fourth-order valence-corrected chi connectivity index (χ4v) is 7.06. The fraction of sp³-hybridized carbons (Fsp3) is 0.417. The highest BCUT2D eigenvalue weighted by atomic mass is 32.2. The van der Waals surface area contributed by atoms with Gasteiger partial charge in [-0.25, -0.2) is 13.2 Å². The summed E-state index contributed by atoms with van der Waals surface area (Å²) < 4.78 is 28.9. The first-order chi connectivity index (χ1) is 24.2. The van der Waals surface area contributed by atoms with Gasteiger partial charge in [-0.3, -0.25) is 14.9 Å². The molecule has 0 aliphatic carbocycles. The zero-order valence-corrected chi connectivity index (χ0v) is 30.4. The Balaban J connectivity index is 1.86. The summed E-state index contributed by atoms with van der Waals surface area (Å²) in [4.78, 5) is 39.3. The van der Waals surface area contributed by atoms with E-state index in [1.54, 1.807) is 6.07 Å². The molecule has 14 nitrogen and oxygen atoms in total. The van der Waals surface area contributed by atoms with Gasteiger partial charge in [0.05, 0.1) is 28.2 Å². The van der Waals surface area contributed by atoms with Crippen LogP contribution >= 0.6 is 0 Å². The summed E-state index contributed by atoms with van der Waals surface area (Å²) in [5.41, 5.74) is 1.72. The molecule has 0 aromatic heterocycles. The Bertz CT molecular complexity index is 1740. The minimum atomic E-state index is -4.10. The summed E-state index contributed by atoms with van der Waals surface area (Å²) in [6.45, 7) is 7.21. The molecular weight excluding hydrogens is 676 g/mol. The lowest BCUT2D eigenvalue weighted by molar-refractivity contribution is -0.384. The number of nitro groups is 1. The van der Waals surface area contributed by atoms with Crippen molar-refractivity contribution >= 4 is 33.9 Å². The highest BCUT2D eigenvalue weighted by Gasteiger charge is 2.34. The second kappa shape index (κ2) is 18.9. The molecule has 0 unspecified atom stereocenters. The van der Waals surface area contributed by atoms with Crippen molar-refractivity contribution in [2.24, 2.45) is 17.0 Å². The SMILES string of the molecule is CC[C@H](C)[C@H](NC(=O)N(C)Cc1cccc([N+](=O)[O-])c1)C(=O)N[C@@H](Cc1ccccc1)[C@H](O)CN(CC(C)C)S(=O)(=O)c1ccc(C=NO)cc1. The number of benzene rings is 3. The molecule has 4 atom stereocenters. The van der Waals surface area contributed by atoms with Gasteiger partial charge in [0.15, 0.2) is 0 Å². The lowest BCUT2D eigenvalue weighted by atomic mass is 9.96. The molecule has 4 N–H and O–H groups in total. The molecule has 3 aromatic rings. The van der Waals surface area contributed by atoms with Gasteiger partial charge in [-0.15, -0.1) is 0 Å². The standard InChI is InChI=1S/C36H48N6O8S/c1-6-26(4)34(39-36(45)40(5)23-29-13-10-14-30(19-29)42(47)48)35(44)38-32(20-27-11-8-7-9-12-27)33(43)24-41(22-25(2)3)51(49,50)31-17-15-28(16-18-31)21-37-46/h7-19,21,25-26,32-34,43,46H,6,20,22-24H2,1-5H3,(H,38,44)(H,39,45)/t26-,32-,33+,34-/m0/s1. The Morgan fingerprint density at radius 1 is 0.961 bits per heavy atom. The van der Waals surface area contributed by atoms with Crippen LogP contribution < -0.4 is 10.6 Å². The number of sulfonamides is 1. The minimum Gasteiger partial charge on any atom is -0.411 e. The molecular formula is C36H48N6O8S. The zero-order valence-electron chi connectivity index (χ0n) is 29.5. The van der Waals surface area contributed by atoms with E-state index in [2.05, 4.69) is 15.8 Å². The normalized spacial score (nSPS) is 14.2. The number of non-ortho nitro benzene ring substituents is 1. The van der Waals surface area contributed by atoms with E-state index in [1.807, 2.05) is 58.0 Å². The predicted octanol–water partition coefficient (Wildman–Crippen LogP) is 4.39. The highest BCUT2D eigenvalue weighted by Crippen LogP contribution is 2.21. The van der Waals surface area contributed by atoms with E-state index in [1.165, 1.54) is 64.9 Å². The van der Waals surface area contributed by atoms with Crippen molar-refractivity contribution in [3.8, 4) is 0 Å². The van der Waals surface area contributed by atoms with Crippen molar-refractivity contribution in [1.82, 2.24) is 19.8 Å². The summed E-state index contributed by atoms with van der Waals surface area (Å²) in [6.07, 6.45) is 0.523. The molecule has 0 aliphatic rings. The first-order valence-electron chi connectivity index (χ1n) is 16.7. The van der Waals surface area contributed by atoms with Crippen molar-refractivity contribution in [2.75, 3.05) is 20.1 Å². The van der Waals surface area contributed by atoms with E-state index in [0.29, 0.717) is 17.5 Å². The number of aliphatic hydroxyl groups is 1. The number of nitrogens with zero attached hydrogens (tertiary/aromatic N) is 4. The third-order valence-electron chi connectivity index (χ3n) is 8.44. The molecule has 0 saturated carbocycles. The summed E-state index contributed by atoms with van der Waals surface area (Å²) in [7, 11) is -2.58. The first kappa shape index (κ1) is 40.6. The summed E-state index contributed by atoms with van der Waals surface area (Å²) in [5.74, 6) is -0.980. The van der Waals surface area contributed by atoms with E-state index in [0.717, 1.165) is 5.56 Å². The number of aliphatic hydroxyl groups excluding tert-OH is 1. The van der Waals surface area contributed by atoms with Crippen molar-refractivity contribution in [3.63, 3.8) is 0 Å². The number of carbonyl (C=O) groups is 2. The summed E-state index contributed by atoms with van der Waals surface area (Å²) in [5, 5.41) is 40.4. The minimum absolute atomic E-state index is 0.0112. The summed E-state index contributed by atoms with van der Waals surface area (Å²) >= 11 is 0. The topological polar surface area (TPSA) is 195 Å². The predicted molar refractivity (Wildman–Crippen MR) is 194 cm³/mol. The molecule has 0 radical (unpaired) electrons. The van der Waals surface area contributed by atoms with Gasteiger partial charge in [0.2, 0.25) is 15.9 Å². The van der Waals surface area contributed by atoms with Gasteiger partial charge in [0, 0.05) is 38.8 Å². The lowest BCUT2D eigenvalue weighted by Crippen LogP contribution is -2.58. The average Bonchev–Trinajstić information content (AvgIpc) is 3.10. The van der Waals surface area contributed by atoms with E-state index >= 15 is 0 Å². The van der Waals surface area contributed by atoms with Crippen LogP contribution in [0.4, 0.5) is 10.5 Å². The molecule has 0 heterocycles. The quantitative estimate of drug-likeness (QED) is 0.0642. The van der Waals surface area contributed by atoms with Crippen LogP contribution in [0.3, 0.4) is 0 Å². The van der Waals surface area contributed by atoms with Gasteiger partial charge < -0.3 is 25.8 Å². The van der Waals surface area contributed by atoms with Crippen LogP contribution in [0, 0.1) is 22.0 Å². The van der Waals surface area contributed by atoms with E-state index in [-0.39, 0.29) is 48.5 Å². The number of urea groups is 1. The third kappa shape index (κ3) is 11.9. The number of nitro benzene ring substituents is 1. The van der Waals surface area contributed by atoms with Crippen LogP contribution in [0.25, 0.3) is 0 Å². The molecule has 15 heteroatoms. The Kier molecular flexibility index (Phi) is 15.1. The smallest absolute Gasteiger partial charge is 0.318 e. The zero-order chi connectivity index (χ0) is 37.7. The molecule has 0 spiro atoms. The van der Waals surface area contributed by atoms with Gasteiger partial charge in [0.1, 0.15) is 6.04 Å². The van der Waals surface area contributed by atoms with Gasteiger partial charge in [-0.2, -0.15) is 4.31 Å². The maximum absolute atomic E-state index is 14.0. The van der Waals surface area contributed by atoms with Crippen LogP contribution in [-0.2, 0) is 27.8 Å². The molecule has 276 valence electrons. The van der Waals surface area contributed by atoms with Gasteiger partial charge in [-0.05, 0) is 47.1 Å². The number of oxime groups is 1. The van der Waals surface area contributed by atoms with E-state index < -0.39 is 45.1 Å². The average molecular weight is 725 g/mol. The Morgan fingerprint density at radius 2 is 1.61 bits per heavy atom. The number of rotatable bonds is 18. The molecule has 0 fully saturated rings. The molecule has 0 bridgehead atoms. The lowest BCUT2D eigenvalue weighted by Gasteiger charge is -2.33. The van der Waals surface area contributed by atoms with Crippen LogP contribution in [0.5, 0.6) is 0 Å². The summed E-state index contributed by atoms with van der Waals surface area (Å²) in [6, 6.07) is 18.3. The molecule has 0 aliphatic heterocycles. The molecule has 51 heavy (non-hydrogen) atoms. The monoisotopic (exact) mass is 724 g/mol. The van der Waals surface area contributed by atoms with Gasteiger partial charge >= 0.3 is 6.03 Å². The van der Waals surface area contributed by atoms with Crippen molar-refractivity contribution in [2.45, 2.75) is 70.2 Å². The number of nitrogens with one attached hydrogen (secondary N) is 2. The molecule has 3 amide bonds. The molecule has 3 aromatic carbocycles. The number of hydrogen-bond donors (Lipinski definition) is 4. The Labute approximate surface area is 299 Å². The highest BCUT2D eigenvalue weighted by molar-refractivity contribution is 7.89. The number of amides is 3. The maximum atomic E-state index is 14.0. The van der Waals surface area contributed by atoms with Crippen LogP contribution in [0.2, 0.25) is 0 Å². The number of carbonyl (C=O) groups excluding carboxylic acids is 2. The molecule has 3 rings (SSSR count). The van der Waals surface area contributed by atoms with Gasteiger partial charge in [0.25, 0.3) is 5.69 Å².